The summed E-state index contributed by atoms with van der Waals surface area (Å²) in [4.78, 5) is 0. The molecule has 1 N–H and O–H groups in total. The minimum absolute atomic E-state index is 0.116. The fraction of sp³-hybridized carbons (Fsp3) is 1.00. The third-order valence-electron chi connectivity index (χ3n) is 22.9. The van der Waals surface area contributed by atoms with Crippen LogP contribution in [0.3, 0.4) is 0 Å². The monoisotopic (exact) mass is 1270 g/mol. The van der Waals surface area contributed by atoms with Crippen LogP contribution in [0.5, 0.6) is 0 Å². The van der Waals surface area contributed by atoms with Crippen molar-refractivity contribution in [2.24, 2.45) is 29.1 Å². The molecule has 1 aliphatic rings. The van der Waals surface area contributed by atoms with E-state index in [0.29, 0.717) is 12.0 Å². The molecule has 1 saturated carbocycles. The number of rotatable bonds is 78. The van der Waals surface area contributed by atoms with Gasteiger partial charge < -0.3 is 9.84 Å². The van der Waals surface area contributed by atoms with Crippen molar-refractivity contribution in [2.75, 3.05) is 7.11 Å². The van der Waals surface area contributed by atoms with Gasteiger partial charge in [-0.2, -0.15) is 0 Å². The van der Waals surface area contributed by atoms with Crippen LogP contribution < -0.4 is 0 Å². The second kappa shape index (κ2) is 70.2. The van der Waals surface area contributed by atoms with Crippen LogP contribution in [0.15, 0.2) is 0 Å². The average Bonchev–Trinajstić information content (AvgIpc) is 4.06. The minimum atomic E-state index is -0.116. The van der Waals surface area contributed by atoms with Crippen LogP contribution in [0.1, 0.15) is 517 Å². The number of aliphatic hydroxyl groups excluding tert-OH is 1. The number of methoxy groups -OCH3 is 1. The summed E-state index contributed by atoms with van der Waals surface area (Å²) in [7, 11) is 1.96. The lowest BCUT2D eigenvalue weighted by atomic mass is 9.73. The third kappa shape index (κ3) is 62.7. The quantitative estimate of drug-likeness (QED) is 0.0615. The molecule has 0 aromatic heterocycles. The van der Waals surface area contributed by atoms with Gasteiger partial charge in [0.25, 0.3) is 0 Å². The third-order valence-corrected chi connectivity index (χ3v) is 22.9. The molecular weight excluding hydrogens is 1090 g/mol. The van der Waals surface area contributed by atoms with Crippen molar-refractivity contribution >= 4 is 0 Å². The molecule has 0 aromatic rings. The zero-order valence-corrected chi connectivity index (χ0v) is 64.1. The summed E-state index contributed by atoms with van der Waals surface area (Å²) in [6.45, 7) is 14.2. The molecule has 1 rings (SSSR count). The first kappa shape index (κ1) is 87.9. The predicted octanol–water partition coefficient (Wildman–Crippen LogP) is 31.8. The molecule has 0 heterocycles. The predicted molar refractivity (Wildman–Crippen MR) is 409 cm³/mol. The maximum atomic E-state index is 11.3. The molecule has 2 nitrogen and oxygen atoms in total. The number of hydrogen-bond donors (Lipinski definition) is 1. The first-order valence-corrected chi connectivity index (χ1v) is 43.4. The van der Waals surface area contributed by atoms with E-state index in [-0.39, 0.29) is 11.5 Å². The highest BCUT2D eigenvalue weighted by atomic mass is 16.5. The van der Waals surface area contributed by atoms with Gasteiger partial charge in [0.15, 0.2) is 0 Å². The highest BCUT2D eigenvalue weighted by Gasteiger charge is 2.35. The van der Waals surface area contributed by atoms with E-state index in [2.05, 4.69) is 41.5 Å². The molecule has 6 atom stereocenters. The van der Waals surface area contributed by atoms with Gasteiger partial charge in [-0.05, 0) is 61.2 Å². The topological polar surface area (TPSA) is 29.5 Å². The van der Waals surface area contributed by atoms with Crippen molar-refractivity contribution in [1.29, 1.82) is 0 Å². The Morgan fingerprint density at radius 1 is 0.278 bits per heavy atom. The molecule has 1 aliphatic carbocycles. The maximum absolute atomic E-state index is 11.3. The zero-order chi connectivity index (χ0) is 65.0. The van der Waals surface area contributed by atoms with Crippen LogP contribution in [0.25, 0.3) is 0 Å². The Balaban J connectivity index is 1.79. The summed E-state index contributed by atoms with van der Waals surface area (Å²) in [6.07, 6.45) is 107. The van der Waals surface area contributed by atoms with Crippen molar-refractivity contribution in [1.82, 2.24) is 0 Å². The fourth-order valence-electron chi connectivity index (χ4n) is 16.2. The molecule has 1 unspecified atom stereocenters. The number of aliphatic hydroxyl groups is 1. The van der Waals surface area contributed by atoms with E-state index in [4.69, 9.17) is 4.74 Å². The van der Waals surface area contributed by atoms with Crippen LogP contribution in [0, 0.1) is 29.1 Å². The summed E-state index contributed by atoms with van der Waals surface area (Å²) in [5.74, 6) is 3.37. The molecule has 2 heteroatoms. The van der Waals surface area contributed by atoms with Crippen LogP contribution in [-0.2, 0) is 4.74 Å². The summed E-state index contributed by atoms with van der Waals surface area (Å²) in [5.41, 5.74) is 0.202. The number of ether oxygens (including phenoxy) is 1. The van der Waals surface area contributed by atoms with Crippen molar-refractivity contribution in [2.45, 2.75) is 529 Å². The van der Waals surface area contributed by atoms with Crippen LogP contribution in [0.4, 0.5) is 0 Å². The molecule has 0 aromatic carbocycles. The van der Waals surface area contributed by atoms with Gasteiger partial charge in [0, 0.05) is 7.11 Å². The lowest BCUT2D eigenvalue weighted by Gasteiger charge is -2.35. The van der Waals surface area contributed by atoms with Gasteiger partial charge in [0.05, 0.1) is 12.2 Å². The van der Waals surface area contributed by atoms with Crippen LogP contribution in [-0.4, -0.2) is 24.4 Å². The Morgan fingerprint density at radius 3 is 0.711 bits per heavy atom. The van der Waals surface area contributed by atoms with Gasteiger partial charge >= 0.3 is 0 Å². The normalized spacial score (nSPS) is 15.7. The molecule has 1 fully saturated rings. The maximum Gasteiger partial charge on any atom is 0.0596 e. The standard InChI is InChI=1S/C88H176O2/c1-8-10-12-14-16-18-20-22-24-26-27-28-29-30-31-35-42-48-54-60-66-72-78-85(88(4,5)6)86(89)79-73-67-61-55-49-43-36-32-34-40-46-52-58-64-70-76-83-81-84(83)77-71-65-59-53-47-41-37-38-44-50-56-62-68-74-80-87(90-7)82(3)75-69-63-57-51-45-39-33-25-23-21-19-17-15-13-11-9-2/h82-87,89H,8-81H2,1-7H3/t82-,83+,84?,85+,86+,87+/m0/s1. The largest absolute Gasteiger partial charge is 0.393 e. The molecule has 0 amide bonds. The van der Waals surface area contributed by atoms with E-state index >= 15 is 0 Å². The van der Waals surface area contributed by atoms with E-state index < -0.39 is 0 Å². The number of unbranched alkanes of at least 4 members (excludes halogenated alkanes) is 63. The smallest absolute Gasteiger partial charge is 0.0596 e. The molecular formula is C88H176O2. The summed E-state index contributed by atoms with van der Waals surface area (Å²) in [6, 6.07) is 0. The van der Waals surface area contributed by atoms with Crippen molar-refractivity contribution in [3.63, 3.8) is 0 Å². The average molecular weight is 1270 g/mol. The Morgan fingerprint density at radius 2 is 0.478 bits per heavy atom. The first-order chi connectivity index (χ1) is 44.2. The van der Waals surface area contributed by atoms with E-state index in [1.54, 1.807) is 12.8 Å². The minimum Gasteiger partial charge on any atom is -0.393 e. The molecule has 90 heavy (non-hydrogen) atoms. The molecule has 0 spiro atoms. The molecule has 540 valence electrons. The molecule has 0 saturated heterocycles. The van der Waals surface area contributed by atoms with Crippen LogP contribution >= 0.6 is 0 Å². The Bertz CT molecular complexity index is 1320. The second-order valence-corrected chi connectivity index (χ2v) is 32.8. The lowest BCUT2D eigenvalue weighted by Crippen LogP contribution is -2.32. The van der Waals surface area contributed by atoms with Gasteiger partial charge in [-0.1, -0.05) is 485 Å². The number of hydrogen-bond acceptors (Lipinski definition) is 2. The van der Waals surface area contributed by atoms with Crippen LogP contribution in [0.2, 0.25) is 0 Å². The Hall–Kier alpha value is -0.0800. The van der Waals surface area contributed by atoms with Crippen molar-refractivity contribution < 1.29 is 9.84 Å². The Kier molecular flexibility index (Phi) is 68.6. The van der Waals surface area contributed by atoms with Gasteiger partial charge in [-0.25, -0.2) is 0 Å². The summed E-state index contributed by atoms with van der Waals surface area (Å²) in [5, 5.41) is 11.3. The fourth-order valence-corrected chi connectivity index (χ4v) is 16.2. The molecule has 0 bridgehead atoms. The summed E-state index contributed by atoms with van der Waals surface area (Å²) >= 11 is 0. The lowest BCUT2D eigenvalue weighted by molar-refractivity contribution is 0.0279. The van der Waals surface area contributed by atoms with E-state index in [9.17, 15) is 5.11 Å². The van der Waals surface area contributed by atoms with Gasteiger partial charge in [-0.15, -0.1) is 0 Å². The highest BCUT2D eigenvalue weighted by molar-refractivity contribution is 4.86. The second-order valence-electron chi connectivity index (χ2n) is 32.8. The highest BCUT2D eigenvalue weighted by Crippen LogP contribution is 2.46. The van der Waals surface area contributed by atoms with E-state index in [0.717, 1.165) is 24.2 Å². The van der Waals surface area contributed by atoms with E-state index in [1.807, 2.05) is 7.11 Å². The Labute approximate surface area is 571 Å². The summed E-state index contributed by atoms with van der Waals surface area (Å²) < 4.78 is 5.99. The van der Waals surface area contributed by atoms with Gasteiger partial charge in [0.2, 0.25) is 0 Å². The van der Waals surface area contributed by atoms with Gasteiger partial charge in [0.1, 0.15) is 0 Å². The van der Waals surface area contributed by atoms with Gasteiger partial charge in [-0.3, -0.25) is 0 Å². The molecule has 0 radical (unpaired) electrons. The SMILES string of the molecule is CCCCCCCCCCCCCCCCCCCCCCCC[C@H]([C@H](O)CCCCCCCCCCCCCCCCC[C@@H]1CC1CCCCCCCCCCCCCCCC[C@@H](OC)[C@@H](C)CCCCCCCCCCCCCCCCCC)C(C)(C)C. The van der Waals surface area contributed by atoms with Crippen molar-refractivity contribution in [3.8, 4) is 0 Å². The van der Waals surface area contributed by atoms with E-state index in [1.165, 1.54) is 456 Å². The molecule has 0 aliphatic heterocycles. The zero-order valence-electron chi connectivity index (χ0n) is 64.1. The first-order valence-electron chi connectivity index (χ1n) is 43.4. The van der Waals surface area contributed by atoms with Crippen molar-refractivity contribution in [3.05, 3.63) is 0 Å².